The molecule has 5 rings (SSSR count). The lowest BCUT2D eigenvalue weighted by Crippen LogP contribution is -2.43. The second kappa shape index (κ2) is 14.3. The van der Waals surface area contributed by atoms with Crippen molar-refractivity contribution in [1.82, 2.24) is 10.2 Å². The molecule has 41 heavy (non-hydrogen) atoms. The van der Waals surface area contributed by atoms with E-state index < -0.39 is 6.04 Å². The smallest absolute Gasteiger partial charge is 0.322 e. The van der Waals surface area contributed by atoms with Gasteiger partial charge in [-0.3, -0.25) is 4.79 Å². The van der Waals surface area contributed by atoms with Crippen LogP contribution in [0.3, 0.4) is 0 Å². The Kier molecular flexibility index (Phi) is 10.1. The zero-order valence-electron chi connectivity index (χ0n) is 23.9. The van der Waals surface area contributed by atoms with Crippen molar-refractivity contribution in [3.8, 4) is 0 Å². The second-order valence-corrected chi connectivity index (χ2v) is 11.6. The number of aliphatic hydroxyl groups excluding tert-OH is 1. The summed E-state index contributed by atoms with van der Waals surface area (Å²) >= 11 is 0. The fourth-order valence-electron chi connectivity index (χ4n) is 6.59. The van der Waals surface area contributed by atoms with Crippen molar-refractivity contribution < 1.29 is 14.7 Å². The molecule has 2 aliphatic rings. The van der Waals surface area contributed by atoms with E-state index in [0.29, 0.717) is 6.54 Å². The van der Waals surface area contributed by atoms with Crippen molar-refractivity contribution in [2.45, 2.75) is 82.3 Å². The summed E-state index contributed by atoms with van der Waals surface area (Å²) < 4.78 is 0. The molecule has 3 atom stereocenters. The summed E-state index contributed by atoms with van der Waals surface area (Å²) in [5, 5.41) is 16.2. The van der Waals surface area contributed by atoms with Crippen LogP contribution >= 0.6 is 0 Å². The van der Waals surface area contributed by atoms with E-state index in [-0.39, 0.29) is 36.4 Å². The zero-order valence-corrected chi connectivity index (χ0v) is 23.9. The molecule has 0 aromatic heterocycles. The molecule has 0 saturated heterocycles. The van der Waals surface area contributed by atoms with E-state index in [2.05, 4.69) is 34.9 Å². The number of benzene rings is 3. The number of nitrogens with one attached hydrogen (secondary N) is 2. The first-order valence-electron chi connectivity index (χ1n) is 15.3. The first kappa shape index (κ1) is 28.9. The predicted molar refractivity (Wildman–Crippen MR) is 163 cm³/mol. The summed E-state index contributed by atoms with van der Waals surface area (Å²) in [4.78, 5) is 28.9. The third kappa shape index (κ3) is 7.56. The van der Waals surface area contributed by atoms with Gasteiger partial charge >= 0.3 is 6.03 Å². The number of carbonyl (C=O) groups excluding carboxylic acids is 2. The van der Waals surface area contributed by atoms with Crippen LogP contribution in [-0.2, 0) is 11.3 Å². The molecule has 3 unspecified atom stereocenters. The topological polar surface area (TPSA) is 81.7 Å². The normalized spacial score (nSPS) is 20.1. The molecule has 3 aromatic carbocycles. The highest BCUT2D eigenvalue weighted by Gasteiger charge is 2.33. The Morgan fingerprint density at radius 1 is 0.780 bits per heavy atom. The molecule has 0 bridgehead atoms. The molecule has 3 N–H and O–H groups in total. The molecule has 2 saturated carbocycles. The van der Waals surface area contributed by atoms with Gasteiger partial charge in [0.25, 0.3) is 0 Å². The van der Waals surface area contributed by atoms with Crippen LogP contribution in [0.1, 0.15) is 86.4 Å². The average Bonchev–Trinajstić information content (AvgIpc) is 3.04. The van der Waals surface area contributed by atoms with Crippen molar-refractivity contribution in [3.63, 3.8) is 0 Å². The summed E-state index contributed by atoms with van der Waals surface area (Å²) in [6.07, 6.45) is 9.59. The van der Waals surface area contributed by atoms with Crippen LogP contribution in [0.5, 0.6) is 0 Å². The van der Waals surface area contributed by atoms with Crippen LogP contribution in [0, 0.1) is 5.92 Å². The Morgan fingerprint density at radius 2 is 1.41 bits per heavy atom. The van der Waals surface area contributed by atoms with E-state index in [1.54, 1.807) is 0 Å². The molecule has 2 fully saturated rings. The molecule has 216 valence electrons. The van der Waals surface area contributed by atoms with Crippen LogP contribution in [0.2, 0.25) is 0 Å². The lowest BCUT2D eigenvalue weighted by molar-refractivity contribution is -0.127. The van der Waals surface area contributed by atoms with E-state index in [9.17, 15) is 14.7 Å². The van der Waals surface area contributed by atoms with E-state index in [4.69, 9.17) is 0 Å². The van der Waals surface area contributed by atoms with Gasteiger partial charge in [0.15, 0.2) is 0 Å². The van der Waals surface area contributed by atoms with Crippen LogP contribution in [0.25, 0.3) is 0 Å². The highest BCUT2D eigenvalue weighted by Crippen LogP contribution is 2.38. The first-order valence-corrected chi connectivity index (χ1v) is 15.3. The van der Waals surface area contributed by atoms with Gasteiger partial charge in [-0.1, -0.05) is 105 Å². The summed E-state index contributed by atoms with van der Waals surface area (Å²) in [5.74, 6) is 0.0363. The molecule has 0 radical (unpaired) electrons. The van der Waals surface area contributed by atoms with Crippen LogP contribution < -0.4 is 10.6 Å². The average molecular weight is 554 g/mol. The fraction of sp³-hybridized carbons (Fsp3) is 0.429. The van der Waals surface area contributed by atoms with Gasteiger partial charge in [-0.05, 0) is 60.4 Å². The number of urea groups is 1. The van der Waals surface area contributed by atoms with Gasteiger partial charge in [0, 0.05) is 24.2 Å². The molecule has 2 aliphatic carbocycles. The highest BCUT2D eigenvalue weighted by atomic mass is 16.3. The Labute approximate surface area is 244 Å². The molecule has 3 aromatic rings. The van der Waals surface area contributed by atoms with Gasteiger partial charge in [0.05, 0.1) is 12.6 Å². The first-order chi connectivity index (χ1) is 20.1. The maximum absolute atomic E-state index is 13.5. The van der Waals surface area contributed by atoms with Crippen molar-refractivity contribution in [3.05, 3.63) is 102 Å². The van der Waals surface area contributed by atoms with E-state index in [0.717, 1.165) is 68.2 Å². The van der Waals surface area contributed by atoms with Gasteiger partial charge in [0.1, 0.15) is 0 Å². The highest BCUT2D eigenvalue weighted by molar-refractivity contribution is 5.89. The molecule has 6 heteroatoms. The van der Waals surface area contributed by atoms with Gasteiger partial charge in [0.2, 0.25) is 5.91 Å². The van der Waals surface area contributed by atoms with Crippen molar-refractivity contribution >= 4 is 17.6 Å². The van der Waals surface area contributed by atoms with E-state index >= 15 is 0 Å². The van der Waals surface area contributed by atoms with Gasteiger partial charge in [-0.2, -0.15) is 0 Å². The Hall–Kier alpha value is -3.64. The van der Waals surface area contributed by atoms with Crippen LogP contribution in [0.15, 0.2) is 84.9 Å². The number of rotatable bonds is 9. The molecule has 0 spiro atoms. The third-order valence-electron chi connectivity index (χ3n) is 8.87. The van der Waals surface area contributed by atoms with Crippen molar-refractivity contribution in [2.24, 2.45) is 5.92 Å². The second-order valence-electron chi connectivity index (χ2n) is 11.6. The number of para-hydroxylation sites is 1. The minimum atomic E-state index is -0.401. The standard InChI is InChI=1S/C35H43N3O3/c39-25-33(28-12-4-1-5-13-28)37-34(40)32-19-11-10-18-31(32)27-22-20-26(21-23-27)24-38(30-16-8-3-9-17-30)35(41)36-29-14-6-2-7-15-29/h1-2,4-7,12-15,20-23,30-33,39H,3,8-11,16-19,24-25H2,(H,36,41)(H,37,40). The Balaban J connectivity index is 1.28. The lowest BCUT2D eigenvalue weighted by atomic mass is 9.74. The minimum Gasteiger partial charge on any atom is -0.394 e. The lowest BCUT2D eigenvalue weighted by Gasteiger charge is -2.35. The maximum atomic E-state index is 13.5. The predicted octanol–water partition coefficient (Wildman–Crippen LogP) is 7.18. The molecule has 3 amide bonds. The monoisotopic (exact) mass is 553 g/mol. The Morgan fingerprint density at radius 3 is 2.10 bits per heavy atom. The van der Waals surface area contributed by atoms with Crippen molar-refractivity contribution in [1.29, 1.82) is 0 Å². The Bertz CT molecular complexity index is 1240. The number of aliphatic hydroxyl groups is 1. The number of nitrogens with zero attached hydrogens (tertiary/aromatic N) is 1. The summed E-state index contributed by atoms with van der Waals surface area (Å²) in [6, 6.07) is 27.7. The maximum Gasteiger partial charge on any atom is 0.322 e. The zero-order chi connectivity index (χ0) is 28.4. The quantitative estimate of drug-likeness (QED) is 0.263. The van der Waals surface area contributed by atoms with Crippen LogP contribution in [-0.4, -0.2) is 34.6 Å². The number of hydrogen-bond donors (Lipinski definition) is 3. The van der Waals surface area contributed by atoms with Gasteiger partial charge < -0.3 is 20.6 Å². The summed E-state index contributed by atoms with van der Waals surface area (Å²) in [6.45, 7) is 0.435. The number of amides is 3. The third-order valence-corrected chi connectivity index (χ3v) is 8.87. The van der Waals surface area contributed by atoms with Gasteiger partial charge in [-0.15, -0.1) is 0 Å². The molecular formula is C35H43N3O3. The number of hydrogen-bond acceptors (Lipinski definition) is 3. The summed E-state index contributed by atoms with van der Waals surface area (Å²) in [5.41, 5.74) is 4.00. The minimum absolute atomic E-state index is 0.0164. The van der Waals surface area contributed by atoms with Gasteiger partial charge in [-0.25, -0.2) is 4.79 Å². The van der Waals surface area contributed by atoms with E-state index in [1.807, 2.05) is 65.6 Å². The number of carbonyl (C=O) groups is 2. The largest absolute Gasteiger partial charge is 0.394 e. The molecule has 0 heterocycles. The van der Waals surface area contributed by atoms with E-state index in [1.165, 1.54) is 12.0 Å². The van der Waals surface area contributed by atoms with Crippen LogP contribution in [0.4, 0.5) is 10.5 Å². The number of anilines is 1. The fourth-order valence-corrected chi connectivity index (χ4v) is 6.59. The SMILES string of the molecule is O=C(NC(CO)c1ccccc1)C1CCCCC1c1ccc(CN(C(=O)Nc2ccccc2)C2CCCCC2)cc1. The molecule has 6 nitrogen and oxygen atoms in total. The molecular weight excluding hydrogens is 510 g/mol. The summed E-state index contributed by atoms with van der Waals surface area (Å²) in [7, 11) is 0. The molecule has 0 aliphatic heterocycles. The van der Waals surface area contributed by atoms with Crippen molar-refractivity contribution in [2.75, 3.05) is 11.9 Å².